The Morgan fingerprint density at radius 1 is 1.25 bits per heavy atom. The van der Waals surface area contributed by atoms with Crippen molar-refractivity contribution in [2.75, 3.05) is 32.7 Å². The Kier molecular flexibility index (Phi) is 4.94. The van der Waals surface area contributed by atoms with E-state index in [-0.39, 0.29) is 12.0 Å². The second-order valence-electron chi connectivity index (χ2n) is 3.65. The highest BCUT2D eigenvalue weighted by atomic mass is 16.4. The van der Waals surface area contributed by atoms with Gasteiger partial charge in [0.1, 0.15) is 0 Å². The van der Waals surface area contributed by atoms with Crippen LogP contribution in [0.1, 0.15) is 6.42 Å². The number of hydrogen-bond donors (Lipinski definition) is 3. The summed E-state index contributed by atoms with van der Waals surface area (Å²) >= 11 is 0. The molecule has 1 heterocycles. The van der Waals surface area contributed by atoms with Gasteiger partial charge < -0.3 is 20.4 Å². The quantitative estimate of drug-likeness (QED) is 0.543. The zero-order valence-electron chi connectivity index (χ0n) is 8.98. The molecule has 16 heavy (non-hydrogen) atoms. The molecule has 3 N–H and O–H groups in total. The first-order chi connectivity index (χ1) is 7.59. The van der Waals surface area contributed by atoms with E-state index < -0.39 is 11.9 Å². The molecule has 1 aliphatic heterocycles. The monoisotopic (exact) mass is 228 g/mol. The SMILES string of the molecule is O=C(O)C=C(CCN1CCNCC1)C(=O)O. The van der Waals surface area contributed by atoms with Crippen molar-refractivity contribution in [1.82, 2.24) is 10.2 Å². The van der Waals surface area contributed by atoms with Gasteiger partial charge in [0.15, 0.2) is 0 Å². The Hall–Kier alpha value is -1.40. The minimum Gasteiger partial charge on any atom is -0.478 e. The molecular weight excluding hydrogens is 212 g/mol. The van der Waals surface area contributed by atoms with Crippen LogP contribution in [0, 0.1) is 0 Å². The lowest BCUT2D eigenvalue weighted by Gasteiger charge is -2.27. The molecule has 0 radical (unpaired) electrons. The lowest BCUT2D eigenvalue weighted by molar-refractivity contribution is -0.135. The van der Waals surface area contributed by atoms with Crippen LogP contribution in [0.25, 0.3) is 0 Å². The number of carboxylic acid groups (broad SMARTS) is 2. The largest absolute Gasteiger partial charge is 0.478 e. The smallest absolute Gasteiger partial charge is 0.331 e. The van der Waals surface area contributed by atoms with Crippen LogP contribution in [0.15, 0.2) is 11.6 Å². The van der Waals surface area contributed by atoms with Crippen molar-refractivity contribution in [3.63, 3.8) is 0 Å². The number of carboxylic acids is 2. The average molecular weight is 228 g/mol. The zero-order chi connectivity index (χ0) is 12.0. The summed E-state index contributed by atoms with van der Waals surface area (Å²) in [4.78, 5) is 23.3. The van der Waals surface area contributed by atoms with Gasteiger partial charge in [-0.05, 0) is 6.42 Å². The van der Waals surface area contributed by atoms with Crippen molar-refractivity contribution < 1.29 is 19.8 Å². The third-order valence-electron chi connectivity index (χ3n) is 2.48. The highest BCUT2D eigenvalue weighted by molar-refractivity contribution is 5.94. The fourth-order valence-electron chi connectivity index (χ4n) is 1.60. The van der Waals surface area contributed by atoms with Gasteiger partial charge in [-0.2, -0.15) is 0 Å². The molecule has 6 heteroatoms. The number of rotatable bonds is 5. The number of carbonyl (C=O) groups is 2. The second kappa shape index (κ2) is 6.24. The first-order valence-electron chi connectivity index (χ1n) is 5.19. The molecule has 1 rings (SSSR count). The van der Waals surface area contributed by atoms with Gasteiger partial charge in [0.05, 0.1) is 0 Å². The van der Waals surface area contributed by atoms with Crippen molar-refractivity contribution >= 4 is 11.9 Å². The second-order valence-corrected chi connectivity index (χ2v) is 3.65. The number of aliphatic carboxylic acids is 2. The Bertz CT molecular complexity index is 295. The molecule has 0 unspecified atom stereocenters. The van der Waals surface area contributed by atoms with Gasteiger partial charge >= 0.3 is 11.9 Å². The highest BCUT2D eigenvalue weighted by Crippen LogP contribution is 2.04. The maximum absolute atomic E-state index is 10.7. The first kappa shape index (κ1) is 12.7. The minimum absolute atomic E-state index is 0.0500. The molecule has 90 valence electrons. The van der Waals surface area contributed by atoms with Crippen LogP contribution >= 0.6 is 0 Å². The van der Waals surface area contributed by atoms with Crippen molar-refractivity contribution in [2.24, 2.45) is 0 Å². The van der Waals surface area contributed by atoms with Gasteiger partial charge in [-0.25, -0.2) is 9.59 Å². The summed E-state index contributed by atoms with van der Waals surface area (Å²) in [6, 6.07) is 0. The Balaban J connectivity index is 2.43. The molecule has 0 aromatic rings. The van der Waals surface area contributed by atoms with Crippen LogP contribution in [0.4, 0.5) is 0 Å². The normalized spacial score (nSPS) is 18.4. The van der Waals surface area contributed by atoms with Crippen LogP contribution < -0.4 is 5.32 Å². The topological polar surface area (TPSA) is 89.9 Å². The van der Waals surface area contributed by atoms with Crippen LogP contribution in [0.5, 0.6) is 0 Å². The number of nitrogens with zero attached hydrogens (tertiary/aromatic N) is 1. The maximum Gasteiger partial charge on any atom is 0.331 e. The van der Waals surface area contributed by atoms with Gasteiger partial charge in [0.25, 0.3) is 0 Å². The minimum atomic E-state index is -1.21. The molecule has 0 aliphatic carbocycles. The molecule has 0 aromatic heterocycles. The van der Waals surface area contributed by atoms with E-state index in [0.29, 0.717) is 6.54 Å². The van der Waals surface area contributed by atoms with Crippen molar-refractivity contribution in [1.29, 1.82) is 0 Å². The molecule has 0 spiro atoms. The van der Waals surface area contributed by atoms with E-state index in [9.17, 15) is 9.59 Å². The van der Waals surface area contributed by atoms with E-state index in [0.717, 1.165) is 32.3 Å². The maximum atomic E-state index is 10.7. The summed E-state index contributed by atoms with van der Waals surface area (Å²) in [6.07, 6.45) is 1.03. The molecule has 0 atom stereocenters. The predicted molar refractivity (Wildman–Crippen MR) is 57.3 cm³/mol. The first-order valence-corrected chi connectivity index (χ1v) is 5.19. The van der Waals surface area contributed by atoms with Crippen molar-refractivity contribution in [3.8, 4) is 0 Å². The Morgan fingerprint density at radius 2 is 1.88 bits per heavy atom. The molecule has 1 saturated heterocycles. The molecule has 0 aromatic carbocycles. The Morgan fingerprint density at radius 3 is 2.38 bits per heavy atom. The zero-order valence-corrected chi connectivity index (χ0v) is 8.98. The lowest BCUT2D eigenvalue weighted by Crippen LogP contribution is -2.43. The van der Waals surface area contributed by atoms with Crippen molar-refractivity contribution in [3.05, 3.63) is 11.6 Å². The van der Waals surface area contributed by atoms with Gasteiger partial charge in [-0.3, -0.25) is 0 Å². The molecular formula is C10H16N2O4. The summed E-state index contributed by atoms with van der Waals surface area (Å²) in [5.41, 5.74) is -0.0500. The van der Waals surface area contributed by atoms with Crippen LogP contribution in [-0.2, 0) is 9.59 Å². The summed E-state index contributed by atoms with van der Waals surface area (Å²) in [7, 11) is 0. The van der Waals surface area contributed by atoms with Gasteiger partial charge in [0, 0.05) is 44.4 Å². The van der Waals surface area contributed by atoms with E-state index in [1.165, 1.54) is 0 Å². The predicted octanol–water partition coefficient (Wildman–Crippen LogP) is -0.623. The molecule has 0 amide bonds. The van der Waals surface area contributed by atoms with Crippen LogP contribution in [-0.4, -0.2) is 59.8 Å². The number of nitrogens with one attached hydrogen (secondary N) is 1. The van der Waals surface area contributed by atoms with E-state index in [4.69, 9.17) is 10.2 Å². The molecule has 0 bridgehead atoms. The van der Waals surface area contributed by atoms with Crippen LogP contribution in [0.3, 0.4) is 0 Å². The standard InChI is InChI=1S/C10H16N2O4/c13-9(14)7-8(10(15)16)1-4-12-5-2-11-3-6-12/h7,11H,1-6H2,(H,13,14)(H,15,16). The molecule has 1 fully saturated rings. The van der Waals surface area contributed by atoms with E-state index in [2.05, 4.69) is 10.2 Å². The molecule has 1 aliphatic rings. The molecule has 0 saturated carbocycles. The summed E-state index contributed by atoms with van der Waals surface area (Å²) in [6.45, 7) is 4.13. The third kappa shape index (κ3) is 4.41. The van der Waals surface area contributed by atoms with E-state index >= 15 is 0 Å². The fraction of sp³-hybridized carbons (Fsp3) is 0.600. The van der Waals surface area contributed by atoms with Gasteiger partial charge in [-0.15, -0.1) is 0 Å². The van der Waals surface area contributed by atoms with E-state index in [1.54, 1.807) is 0 Å². The lowest BCUT2D eigenvalue weighted by atomic mass is 10.1. The highest BCUT2D eigenvalue weighted by Gasteiger charge is 2.13. The summed E-state index contributed by atoms with van der Waals surface area (Å²) < 4.78 is 0. The number of piperazine rings is 1. The van der Waals surface area contributed by atoms with E-state index in [1.807, 2.05) is 0 Å². The summed E-state index contributed by atoms with van der Waals surface area (Å²) in [5, 5.41) is 20.5. The Labute approximate surface area is 93.5 Å². The fourth-order valence-corrected chi connectivity index (χ4v) is 1.60. The third-order valence-corrected chi connectivity index (χ3v) is 2.48. The summed E-state index contributed by atoms with van der Waals surface area (Å²) in [5.74, 6) is -2.37. The molecule has 6 nitrogen and oxygen atoms in total. The van der Waals surface area contributed by atoms with Crippen LogP contribution in [0.2, 0.25) is 0 Å². The van der Waals surface area contributed by atoms with Gasteiger partial charge in [0.2, 0.25) is 0 Å². The van der Waals surface area contributed by atoms with Crippen molar-refractivity contribution in [2.45, 2.75) is 6.42 Å². The van der Waals surface area contributed by atoms with Gasteiger partial charge in [-0.1, -0.05) is 0 Å². The average Bonchev–Trinajstić information content (AvgIpc) is 2.25. The number of hydrogen-bond acceptors (Lipinski definition) is 4.